The van der Waals surface area contributed by atoms with Crippen LogP contribution in [0.15, 0.2) is 64.9 Å². The van der Waals surface area contributed by atoms with Crippen molar-refractivity contribution in [2.24, 2.45) is 0 Å². The van der Waals surface area contributed by atoms with Crippen molar-refractivity contribution in [3.05, 3.63) is 70.5 Å². The lowest BCUT2D eigenvalue weighted by Crippen LogP contribution is -2.41. The van der Waals surface area contributed by atoms with Gasteiger partial charge in [0.25, 0.3) is 5.91 Å². The molecule has 0 aliphatic heterocycles. The molecule has 0 unspecified atom stereocenters. The zero-order valence-corrected chi connectivity index (χ0v) is 21.9. The van der Waals surface area contributed by atoms with Gasteiger partial charge in [-0.2, -0.15) is 13.5 Å². The minimum absolute atomic E-state index is 0. The molecule has 1 heterocycles. The summed E-state index contributed by atoms with van der Waals surface area (Å²) in [6.07, 6.45) is 1.31. The van der Waals surface area contributed by atoms with Crippen LogP contribution >= 0.6 is 24.8 Å². The summed E-state index contributed by atoms with van der Waals surface area (Å²) in [6.45, 7) is 1.94. The maximum atomic E-state index is 13.0. The van der Waals surface area contributed by atoms with Crippen molar-refractivity contribution < 1.29 is 18.0 Å². The molecule has 1 amide bonds. The van der Waals surface area contributed by atoms with Crippen LogP contribution in [0.3, 0.4) is 0 Å². The van der Waals surface area contributed by atoms with Crippen LogP contribution in [0.2, 0.25) is 0 Å². The van der Waals surface area contributed by atoms with E-state index in [0.29, 0.717) is 17.8 Å². The molecular formula is C24H29N3O4S3. The molecule has 2 aromatic carbocycles. The van der Waals surface area contributed by atoms with Crippen LogP contribution in [0.1, 0.15) is 35.1 Å². The highest BCUT2D eigenvalue weighted by atomic mass is 32.2. The standard InChI is InChI=1S/C24H27N3O4S2.H2S/c1-4-9-20(22(28)15-23-25-21(16-32-23)17-10-6-5-7-11-17)26-24(29)18-12-8-13-19(14-18)33(30,31)27(2)3;/h5-8,10-14,16,20H,4,9,15H2,1-3H3,(H,26,29);1H2/t20-;/m0./s1. The molecule has 34 heavy (non-hydrogen) atoms. The average Bonchev–Trinajstić information content (AvgIpc) is 3.27. The summed E-state index contributed by atoms with van der Waals surface area (Å²) in [5.74, 6) is -0.613. The van der Waals surface area contributed by atoms with E-state index in [1.165, 1.54) is 49.7 Å². The first kappa shape index (κ1) is 27.7. The summed E-state index contributed by atoms with van der Waals surface area (Å²) >= 11 is 1.41. The first-order valence-electron chi connectivity index (χ1n) is 10.6. The van der Waals surface area contributed by atoms with E-state index < -0.39 is 22.0 Å². The van der Waals surface area contributed by atoms with E-state index in [-0.39, 0.29) is 36.2 Å². The predicted molar refractivity (Wildman–Crippen MR) is 140 cm³/mol. The number of ketones is 1. The molecule has 0 fully saturated rings. The van der Waals surface area contributed by atoms with Crippen molar-refractivity contribution in [1.29, 1.82) is 0 Å². The Labute approximate surface area is 211 Å². The largest absolute Gasteiger partial charge is 0.342 e. The number of amides is 1. The van der Waals surface area contributed by atoms with Crippen LogP contribution in [0, 0.1) is 0 Å². The lowest BCUT2D eigenvalue weighted by atomic mass is 10.0. The van der Waals surface area contributed by atoms with Crippen LogP contribution in [-0.4, -0.2) is 49.5 Å². The fraction of sp³-hybridized carbons (Fsp3) is 0.292. The Hall–Kier alpha value is -2.53. The van der Waals surface area contributed by atoms with Crippen molar-refractivity contribution in [2.75, 3.05) is 14.1 Å². The number of thiazole rings is 1. The molecule has 3 rings (SSSR count). The number of carbonyl (C=O) groups excluding carboxylic acids is 2. The van der Waals surface area contributed by atoms with Gasteiger partial charge in [0, 0.05) is 30.6 Å². The van der Waals surface area contributed by atoms with Gasteiger partial charge in [0.2, 0.25) is 10.0 Å². The smallest absolute Gasteiger partial charge is 0.251 e. The zero-order chi connectivity index (χ0) is 24.0. The molecule has 182 valence electrons. The minimum atomic E-state index is -3.67. The topological polar surface area (TPSA) is 96.4 Å². The number of hydrogen-bond acceptors (Lipinski definition) is 6. The second-order valence-corrected chi connectivity index (χ2v) is 10.9. The highest BCUT2D eigenvalue weighted by Crippen LogP contribution is 2.22. The number of benzene rings is 2. The first-order valence-corrected chi connectivity index (χ1v) is 12.9. The second kappa shape index (κ2) is 12.3. The molecule has 1 N–H and O–H groups in total. The highest BCUT2D eigenvalue weighted by Gasteiger charge is 2.24. The van der Waals surface area contributed by atoms with Gasteiger partial charge < -0.3 is 5.32 Å². The van der Waals surface area contributed by atoms with Crippen molar-refractivity contribution >= 4 is 46.5 Å². The summed E-state index contributed by atoms with van der Waals surface area (Å²) < 4.78 is 25.9. The molecule has 0 aliphatic rings. The van der Waals surface area contributed by atoms with Gasteiger partial charge in [-0.25, -0.2) is 17.7 Å². The van der Waals surface area contributed by atoms with E-state index >= 15 is 0 Å². The van der Waals surface area contributed by atoms with Crippen molar-refractivity contribution in [2.45, 2.75) is 37.1 Å². The quantitative estimate of drug-likeness (QED) is 0.438. The van der Waals surface area contributed by atoms with E-state index in [2.05, 4.69) is 10.3 Å². The van der Waals surface area contributed by atoms with E-state index in [9.17, 15) is 18.0 Å². The summed E-state index contributed by atoms with van der Waals surface area (Å²) in [7, 11) is -0.809. The SMILES string of the molecule is CCC[C@H](NC(=O)c1cccc(S(=O)(=O)N(C)C)c1)C(=O)Cc1nc(-c2ccccc2)cs1.S. The Morgan fingerprint density at radius 3 is 2.44 bits per heavy atom. The zero-order valence-electron chi connectivity index (χ0n) is 19.3. The second-order valence-electron chi connectivity index (χ2n) is 7.77. The van der Waals surface area contributed by atoms with Crippen molar-refractivity contribution in [3.63, 3.8) is 0 Å². The maximum Gasteiger partial charge on any atom is 0.251 e. The Morgan fingerprint density at radius 1 is 1.09 bits per heavy atom. The number of Topliss-reactive ketones (excluding diaryl/α,β-unsaturated/α-hetero) is 1. The Kier molecular flexibility index (Phi) is 9.99. The molecule has 0 bridgehead atoms. The van der Waals surface area contributed by atoms with E-state index in [4.69, 9.17) is 0 Å². The molecule has 7 nitrogen and oxygen atoms in total. The molecule has 0 spiro atoms. The minimum Gasteiger partial charge on any atom is -0.342 e. The summed E-state index contributed by atoms with van der Waals surface area (Å²) in [5, 5.41) is 5.39. The van der Waals surface area contributed by atoms with Gasteiger partial charge in [-0.05, 0) is 24.6 Å². The van der Waals surface area contributed by atoms with Gasteiger partial charge in [0.15, 0.2) is 5.78 Å². The molecule has 3 aromatic rings. The van der Waals surface area contributed by atoms with Crippen LogP contribution in [0.4, 0.5) is 0 Å². The number of sulfonamides is 1. The van der Waals surface area contributed by atoms with Gasteiger partial charge in [-0.15, -0.1) is 11.3 Å². The van der Waals surface area contributed by atoms with Gasteiger partial charge in [0.05, 0.1) is 23.1 Å². The third-order valence-corrected chi connectivity index (χ3v) is 7.75. The third-order valence-electron chi connectivity index (χ3n) is 5.09. The Balaban J connectivity index is 0.00000408. The maximum absolute atomic E-state index is 13.0. The molecule has 0 saturated carbocycles. The average molecular weight is 520 g/mol. The van der Waals surface area contributed by atoms with Crippen LogP contribution < -0.4 is 5.32 Å². The molecule has 0 saturated heterocycles. The van der Waals surface area contributed by atoms with Gasteiger partial charge in [-0.1, -0.05) is 49.7 Å². The molecule has 1 atom stereocenters. The van der Waals surface area contributed by atoms with Crippen molar-refractivity contribution in [1.82, 2.24) is 14.6 Å². The number of nitrogens with one attached hydrogen (secondary N) is 1. The van der Waals surface area contributed by atoms with E-state index in [1.54, 1.807) is 0 Å². The number of nitrogens with zero attached hydrogens (tertiary/aromatic N) is 2. The first-order chi connectivity index (χ1) is 15.7. The summed E-state index contributed by atoms with van der Waals surface area (Å²) in [4.78, 5) is 30.4. The third kappa shape index (κ3) is 6.75. The highest BCUT2D eigenvalue weighted by molar-refractivity contribution is 7.89. The molecular weight excluding hydrogens is 490 g/mol. The summed E-state index contributed by atoms with van der Waals surface area (Å²) in [5.41, 5.74) is 1.99. The fourth-order valence-corrected chi connectivity index (χ4v) is 5.02. The lowest BCUT2D eigenvalue weighted by Gasteiger charge is -2.17. The van der Waals surface area contributed by atoms with Crippen LogP contribution in [-0.2, 0) is 21.2 Å². The van der Waals surface area contributed by atoms with E-state index in [1.807, 2.05) is 42.6 Å². The predicted octanol–water partition coefficient (Wildman–Crippen LogP) is 3.88. The van der Waals surface area contributed by atoms with Gasteiger partial charge in [0.1, 0.15) is 5.01 Å². The number of rotatable bonds is 10. The Morgan fingerprint density at radius 2 is 1.79 bits per heavy atom. The van der Waals surface area contributed by atoms with Crippen molar-refractivity contribution in [3.8, 4) is 11.3 Å². The number of aromatic nitrogens is 1. The lowest BCUT2D eigenvalue weighted by molar-refractivity contribution is -0.120. The van der Waals surface area contributed by atoms with E-state index in [0.717, 1.165) is 15.6 Å². The monoisotopic (exact) mass is 519 g/mol. The van der Waals surface area contributed by atoms with Crippen LogP contribution in [0.5, 0.6) is 0 Å². The Bertz CT molecular complexity index is 1230. The molecule has 1 aromatic heterocycles. The van der Waals surface area contributed by atoms with Gasteiger partial charge in [-0.3, -0.25) is 9.59 Å². The van der Waals surface area contributed by atoms with Crippen LogP contribution in [0.25, 0.3) is 11.3 Å². The molecule has 10 heteroatoms. The fourth-order valence-electron chi connectivity index (χ4n) is 3.26. The number of hydrogen-bond donors (Lipinski definition) is 1. The molecule has 0 radical (unpaired) electrons. The number of carbonyl (C=O) groups is 2. The molecule has 0 aliphatic carbocycles. The summed E-state index contributed by atoms with van der Waals surface area (Å²) in [6, 6.07) is 14.9. The normalized spacial score (nSPS) is 12.1. The van der Waals surface area contributed by atoms with Gasteiger partial charge >= 0.3 is 0 Å².